The molecule has 0 bridgehead atoms. The number of carbonyl (C=O) groups excluding carboxylic acids is 1. The van der Waals surface area contributed by atoms with Crippen molar-refractivity contribution < 1.29 is 9.32 Å². The number of benzene rings is 1. The van der Waals surface area contributed by atoms with E-state index in [0.29, 0.717) is 11.4 Å². The minimum atomic E-state index is -0.365. The number of rotatable bonds is 3. The highest BCUT2D eigenvalue weighted by atomic mass is 16.5. The van der Waals surface area contributed by atoms with Gasteiger partial charge in [0.05, 0.1) is 11.9 Å². The van der Waals surface area contributed by atoms with Crippen LogP contribution in [0.15, 0.2) is 53.3 Å². The smallest absolute Gasteiger partial charge is 0.294 e. The zero-order valence-corrected chi connectivity index (χ0v) is 9.83. The summed E-state index contributed by atoms with van der Waals surface area (Å²) in [7, 11) is 0. The zero-order chi connectivity index (χ0) is 13.1. The monoisotopic (exact) mass is 254 g/mol. The average Bonchev–Trinajstić information content (AvgIpc) is 3.10. The van der Waals surface area contributed by atoms with Crippen molar-refractivity contribution in [3.63, 3.8) is 0 Å². The largest absolute Gasteiger partial charge is 0.350 e. The maximum atomic E-state index is 11.9. The number of hydrogen-bond acceptors (Lipinski definition) is 4. The van der Waals surface area contributed by atoms with Crippen LogP contribution in [0.25, 0.3) is 11.3 Å². The number of aromatic nitrogens is 3. The van der Waals surface area contributed by atoms with Crippen LogP contribution in [0.2, 0.25) is 0 Å². The van der Waals surface area contributed by atoms with E-state index in [4.69, 9.17) is 4.52 Å². The highest BCUT2D eigenvalue weighted by Crippen LogP contribution is 2.19. The normalized spacial score (nSPS) is 10.3. The van der Waals surface area contributed by atoms with Crippen LogP contribution in [0.4, 0.5) is 5.69 Å². The molecule has 94 valence electrons. The van der Waals surface area contributed by atoms with Crippen LogP contribution < -0.4 is 5.32 Å². The van der Waals surface area contributed by atoms with Gasteiger partial charge in [0, 0.05) is 17.8 Å². The third-order valence-electron chi connectivity index (χ3n) is 2.56. The van der Waals surface area contributed by atoms with Gasteiger partial charge in [-0.2, -0.15) is 5.10 Å². The standard InChI is InChI=1S/C13H10N4O2/c18-13(16-10-7-14-15-8-10)12-6-11(17-19-12)9-4-2-1-3-5-9/h1-8H,(H,14,15)(H,16,18). The van der Waals surface area contributed by atoms with Gasteiger partial charge in [0.25, 0.3) is 5.91 Å². The quantitative estimate of drug-likeness (QED) is 0.751. The summed E-state index contributed by atoms with van der Waals surface area (Å²) in [4.78, 5) is 11.9. The average molecular weight is 254 g/mol. The molecule has 19 heavy (non-hydrogen) atoms. The lowest BCUT2D eigenvalue weighted by Crippen LogP contribution is -2.10. The Balaban J connectivity index is 1.80. The Kier molecular flexibility index (Phi) is 2.82. The summed E-state index contributed by atoms with van der Waals surface area (Å²) in [6.07, 6.45) is 3.08. The first-order valence-corrected chi connectivity index (χ1v) is 5.65. The first kappa shape index (κ1) is 11.2. The minimum absolute atomic E-state index is 0.153. The maximum Gasteiger partial charge on any atom is 0.294 e. The SMILES string of the molecule is O=C(Nc1cn[nH]c1)c1cc(-c2ccccc2)no1. The molecule has 0 unspecified atom stereocenters. The molecule has 0 fully saturated rings. The molecule has 2 aromatic heterocycles. The third kappa shape index (κ3) is 2.37. The highest BCUT2D eigenvalue weighted by molar-refractivity contribution is 6.02. The lowest BCUT2D eigenvalue weighted by atomic mass is 10.1. The molecular weight excluding hydrogens is 244 g/mol. The van der Waals surface area contributed by atoms with Crippen molar-refractivity contribution in [2.24, 2.45) is 0 Å². The molecular formula is C13H10N4O2. The van der Waals surface area contributed by atoms with Gasteiger partial charge in [-0.1, -0.05) is 35.5 Å². The summed E-state index contributed by atoms with van der Waals surface area (Å²) >= 11 is 0. The maximum absolute atomic E-state index is 11.9. The van der Waals surface area contributed by atoms with E-state index in [1.54, 1.807) is 12.3 Å². The second kappa shape index (κ2) is 4.77. The second-order valence-electron chi connectivity index (χ2n) is 3.88. The number of nitrogens with zero attached hydrogens (tertiary/aromatic N) is 2. The van der Waals surface area contributed by atoms with E-state index in [2.05, 4.69) is 20.7 Å². The fourth-order valence-electron chi connectivity index (χ4n) is 1.64. The summed E-state index contributed by atoms with van der Waals surface area (Å²) in [5, 5.41) is 12.9. The van der Waals surface area contributed by atoms with Crippen LogP contribution >= 0.6 is 0 Å². The van der Waals surface area contributed by atoms with E-state index in [0.717, 1.165) is 5.56 Å². The lowest BCUT2D eigenvalue weighted by molar-refractivity contribution is 0.0988. The summed E-state index contributed by atoms with van der Waals surface area (Å²) in [5.41, 5.74) is 2.09. The number of aromatic amines is 1. The van der Waals surface area contributed by atoms with Crippen LogP contribution in [-0.4, -0.2) is 21.3 Å². The third-order valence-corrected chi connectivity index (χ3v) is 2.56. The van der Waals surface area contributed by atoms with Gasteiger partial charge in [0.15, 0.2) is 0 Å². The molecule has 0 aliphatic rings. The molecule has 6 nitrogen and oxygen atoms in total. The fraction of sp³-hybridized carbons (Fsp3) is 0. The molecule has 3 rings (SSSR count). The van der Waals surface area contributed by atoms with E-state index >= 15 is 0 Å². The molecule has 0 radical (unpaired) electrons. The van der Waals surface area contributed by atoms with E-state index in [1.807, 2.05) is 30.3 Å². The van der Waals surface area contributed by atoms with Crippen LogP contribution in [0.3, 0.4) is 0 Å². The number of amides is 1. The van der Waals surface area contributed by atoms with Crippen molar-refractivity contribution in [1.82, 2.24) is 15.4 Å². The number of H-pyrrole nitrogens is 1. The number of hydrogen-bond donors (Lipinski definition) is 2. The van der Waals surface area contributed by atoms with Gasteiger partial charge in [-0.3, -0.25) is 9.89 Å². The Morgan fingerprint density at radius 1 is 1.26 bits per heavy atom. The Hall–Kier alpha value is -2.89. The Bertz CT molecular complexity index is 674. The Labute approximate surface area is 108 Å². The van der Waals surface area contributed by atoms with Crippen molar-refractivity contribution in [2.45, 2.75) is 0 Å². The molecule has 1 amide bonds. The molecule has 3 aromatic rings. The molecule has 0 atom stereocenters. The van der Waals surface area contributed by atoms with Crippen molar-refractivity contribution in [3.8, 4) is 11.3 Å². The predicted molar refractivity (Wildman–Crippen MR) is 68.5 cm³/mol. The van der Waals surface area contributed by atoms with Crippen molar-refractivity contribution in [1.29, 1.82) is 0 Å². The molecule has 1 aromatic carbocycles. The van der Waals surface area contributed by atoms with Gasteiger partial charge in [-0.15, -0.1) is 0 Å². The van der Waals surface area contributed by atoms with E-state index < -0.39 is 0 Å². The van der Waals surface area contributed by atoms with Gasteiger partial charge in [0.2, 0.25) is 5.76 Å². The molecule has 2 N–H and O–H groups in total. The molecule has 0 aliphatic carbocycles. The predicted octanol–water partition coefficient (Wildman–Crippen LogP) is 2.32. The van der Waals surface area contributed by atoms with Crippen LogP contribution in [0.5, 0.6) is 0 Å². The van der Waals surface area contributed by atoms with Gasteiger partial charge < -0.3 is 9.84 Å². The first-order valence-electron chi connectivity index (χ1n) is 5.65. The van der Waals surface area contributed by atoms with Crippen molar-refractivity contribution in [3.05, 3.63) is 54.6 Å². The van der Waals surface area contributed by atoms with Crippen molar-refractivity contribution >= 4 is 11.6 Å². The fourth-order valence-corrected chi connectivity index (χ4v) is 1.64. The van der Waals surface area contributed by atoms with Gasteiger partial charge in [0.1, 0.15) is 5.69 Å². The van der Waals surface area contributed by atoms with Crippen LogP contribution in [-0.2, 0) is 0 Å². The second-order valence-corrected chi connectivity index (χ2v) is 3.88. The minimum Gasteiger partial charge on any atom is -0.350 e. The summed E-state index contributed by atoms with van der Waals surface area (Å²) in [5.74, 6) is -0.212. The van der Waals surface area contributed by atoms with Gasteiger partial charge in [-0.25, -0.2) is 0 Å². The summed E-state index contributed by atoms with van der Waals surface area (Å²) < 4.78 is 5.04. The number of carbonyl (C=O) groups is 1. The number of anilines is 1. The highest BCUT2D eigenvalue weighted by Gasteiger charge is 2.14. The molecule has 6 heteroatoms. The number of nitrogens with one attached hydrogen (secondary N) is 2. The van der Waals surface area contributed by atoms with E-state index in [9.17, 15) is 4.79 Å². The molecule has 0 spiro atoms. The first-order chi connectivity index (χ1) is 9.33. The molecule has 0 saturated carbocycles. The zero-order valence-electron chi connectivity index (χ0n) is 9.83. The molecule has 0 saturated heterocycles. The van der Waals surface area contributed by atoms with Crippen LogP contribution in [0, 0.1) is 0 Å². The molecule has 2 heterocycles. The van der Waals surface area contributed by atoms with Crippen molar-refractivity contribution in [2.75, 3.05) is 5.32 Å². The Morgan fingerprint density at radius 3 is 2.84 bits per heavy atom. The summed E-state index contributed by atoms with van der Waals surface area (Å²) in [6, 6.07) is 11.1. The lowest BCUT2D eigenvalue weighted by Gasteiger charge is -1.96. The van der Waals surface area contributed by atoms with E-state index in [-0.39, 0.29) is 11.7 Å². The van der Waals surface area contributed by atoms with Crippen LogP contribution in [0.1, 0.15) is 10.6 Å². The van der Waals surface area contributed by atoms with Gasteiger partial charge in [-0.05, 0) is 0 Å². The molecule has 0 aliphatic heterocycles. The van der Waals surface area contributed by atoms with Gasteiger partial charge >= 0.3 is 0 Å². The van der Waals surface area contributed by atoms with E-state index in [1.165, 1.54) is 6.20 Å². The topological polar surface area (TPSA) is 83.8 Å². The Morgan fingerprint density at radius 2 is 2.11 bits per heavy atom. The summed E-state index contributed by atoms with van der Waals surface area (Å²) in [6.45, 7) is 0.